The second-order valence-corrected chi connectivity index (χ2v) is 8.13. The van der Waals surface area contributed by atoms with Gasteiger partial charge in [-0.1, -0.05) is 30.3 Å². The molecule has 0 atom stereocenters. The number of aryl methyl sites for hydroxylation is 2. The van der Waals surface area contributed by atoms with Crippen molar-refractivity contribution in [2.45, 2.75) is 42.8 Å². The SMILES string of the molecule is Cc1cc(C(F)(F)C(F)(F)C(F)F)c(S(=O)(=O)Cc2ccccc2)cc1C. The predicted octanol–water partition coefficient (Wildman–Crippen LogP) is 5.27. The van der Waals surface area contributed by atoms with Crippen LogP contribution in [0.2, 0.25) is 0 Å². The molecule has 0 bridgehead atoms. The highest BCUT2D eigenvalue weighted by molar-refractivity contribution is 7.90. The third-order valence-electron chi connectivity index (χ3n) is 4.16. The van der Waals surface area contributed by atoms with Gasteiger partial charge in [0.1, 0.15) is 0 Å². The van der Waals surface area contributed by atoms with E-state index in [-0.39, 0.29) is 16.7 Å². The average molecular weight is 410 g/mol. The van der Waals surface area contributed by atoms with Crippen molar-refractivity contribution in [2.24, 2.45) is 0 Å². The van der Waals surface area contributed by atoms with E-state index in [2.05, 4.69) is 0 Å². The maximum atomic E-state index is 14.3. The Labute approximate surface area is 152 Å². The van der Waals surface area contributed by atoms with Crippen LogP contribution in [0.25, 0.3) is 0 Å². The summed E-state index contributed by atoms with van der Waals surface area (Å²) < 4.78 is 106. The first-order valence-electron chi connectivity index (χ1n) is 7.73. The van der Waals surface area contributed by atoms with E-state index in [0.29, 0.717) is 6.07 Å². The van der Waals surface area contributed by atoms with Crippen molar-refractivity contribution in [3.63, 3.8) is 0 Å². The standard InChI is InChI=1S/C18H16F6O2S/c1-11-8-14(17(21,22)18(23,24)16(19)20)15(9-12(11)2)27(25,26)10-13-6-4-3-5-7-13/h3-9,16H,10H2,1-2H3. The fourth-order valence-electron chi connectivity index (χ4n) is 2.48. The van der Waals surface area contributed by atoms with Gasteiger partial charge in [0.25, 0.3) is 0 Å². The lowest BCUT2D eigenvalue weighted by atomic mass is 9.98. The van der Waals surface area contributed by atoms with Gasteiger partial charge in [-0.25, -0.2) is 17.2 Å². The monoisotopic (exact) mass is 410 g/mol. The lowest BCUT2D eigenvalue weighted by Crippen LogP contribution is -2.45. The molecule has 0 heterocycles. The predicted molar refractivity (Wildman–Crippen MR) is 88.1 cm³/mol. The molecule has 2 rings (SSSR count). The molecule has 0 saturated carbocycles. The third-order valence-corrected chi connectivity index (χ3v) is 5.88. The summed E-state index contributed by atoms with van der Waals surface area (Å²) in [6.45, 7) is 2.70. The lowest BCUT2D eigenvalue weighted by Gasteiger charge is -2.28. The molecule has 0 spiro atoms. The molecule has 0 unspecified atom stereocenters. The highest BCUT2D eigenvalue weighted by Gasteiger charge is 2.65. The summed E-state index contributed by atoms with van der Waals surface area (Å²) >= 11 is 0. The van der Waals surface area contributed by atoms with Crippen LogP contribution in [0.1, 0.15) is 22.3 Å². The van der Waals surface area contributed by atoms with E-state index in [4.69, 9.17) is 0 Å². The molecule has 0 radical (unpaired) electrons. The van der Waals surface area contributed by atoms with Crippen molar-refractivity contribution in [3.05, 3.63) is 64.7 Å². The highest BCUT2D eigenvalue weighted by Crippen LogP contribution is 2.49. The zero-order valence-corrected chi connectivity index (χ0v) is 15.1. The Morgan fingerprint density at radius 2 is 1.44 bits per heavy atom. The van der Waals surface area contributed by atoms with E-state index in [1.165, 1.54) is 38.1 Å². The van der Waals surface area contributed by atoms with E-state index in [0.717, 1.165) is 6.07 Å². The van der Waals surface area contributed by atoms with Gasteiger partial charge in [-0.2, -0.15) is 17.6 Å². The number of hydrogen-bond acceptors (Lipinski definition) is 2. The third kappa shape index (κ3) is 3.97. The molecule has 0 aliphatic rings. The zero-order valence-electron chi connectivity index (χ0n) is 14.3. The van der Waals surface area contributed by atoms with E-state index in [1.807, 2.05) is 0 Å². The van der Waals surface area contributed by atoms with Crippen LogP contribution in [-0.4, -0.2) is 20.8 Å². The normalized spacial score (nSPS) is 13.2. The minimum atomic E-state index is -5.73. The first kappa shape index (κ1) is 21.3. The molecule has 2 aromatic carbocycles. The highest BCUT2D eigenvalue weighted by atomic mass is 32.2. The van der Waals surface area contributed by atoms with Crippen molar-refractivity contribution >= 4 is 9.84 Å². The van der Waals surface area contributed by atoms with Crippen molar-refractivity contribution in [2.75, 3.05) is 0 Å². The Hall–Kier alpha value is -2.03. The van der Waals surface area contributed by atoms with Crippen LogP contribution in [-0.2, 0) is 21.5 Å². The van der Waals surface area contributed by atoms with Crippen LogP contribution in [0.4, 0.5) is 26.3 Å². The van der Waals surface area contributed by atoms with E-state index < -0.39 is 44.3 Å². The van der Waals surface area contributed by atoms with Crippen LogP contribution in [0.15, 0.2) is 47.4 Å². The molecule has 0 fully saturated rings. The summed E-state index contributed by atoms with van der Waals surface area (Å²) in [5, 5.41) is 0. The number of alkyl halides is 6. The number of halogens is 6. The Bertz CT molecular complexity index is 924. The molecule has 0 saturated heterocycles. The fraction of sp³-hybridized carbons (Fsp3) is 0.333. The second-order valence-electron chi connectivity index (χ2n) is 6.18. The molecule has 2 aromatic rings. The molecule has 0 amide bonds. The topological polar surface area (TPSA) is 34.1 Å². The zero-order chi connectivity index (χ0) is 20.6. The van der Waals surface area contributed by atoms with Crippen molar-refractivity contribution < 1.29 is 34.8 Å². The molecular formula is C18H16F6O2S. The van der Waals surface area contributed by atoms with E-state index in [1.54, 1.807) is 6.07 Å². The largest absolute Gasteiger partial charge is 0.373 e. The van der Waals surface area contributed by atoms with Crippen molar-refractivity contribution in [1.29, 1.82) is 0 Å². The first-order valence-corrected chi connectivity index (χ1v) is 9.38. The van der Waals surface area contributed by atoms with Crippen LogP contribution in [0.5, 0.6) is 0 Å². The maximum Gasteiger partial charge on any atom is 0.373 e. The van der Waals surface area contributed by atoms with Gasteiger partial charge in [0, 0.05) is 5.56 Å². The van der Waals surface area contributed by atoms with Crippen molar-refractivity contribution in [1.82, 2.24) is 0 Å². The molecule has 2 nitrogen and oxygen atoms in total. The van der Waals surface area contributed by atoms with Gasteiger partial charge in [-0.3, -0.25) is 0 Å². The Balaban J connectivity index is 2.69. The molecule has 148 valence electrons. The van der Waals surface area contributed by atoms with Gasteiger partial charge < -0.3 is 0 Å². The Morgan fingerprint density at radius 3 is 1.96 bits per heavy atom. The summed E-state index contributed by atoms with van der Waals surface area (Å²) in [4.78, 5) is -1.08. The van der Waals surface area contributed by atoms with Crippen molar-refractivity contribution in [3.8, 4) is 0 Å². The number of benzene rings is 2. The summed E-state index contributed by atoms with van der Waals surface area (Å²) in [6.07, 6.45) is -4.67. The lowest BCUT2D eigenvalue weighted by molar-refractivity contribution is -0.271. The second kappa shape index (κ2) is 7.18. The molecule has 0 aliphatic carbocycles. The Morgan fingerprint density at radius 1 is 0.926 bits per heavy atom. The molecular weight excluding hydrogens is 394 g/mol. The van der Waals surface area contributed by atoms with Gasteiger partial charge in [0.2, 0.25) is 0 Å². The molecule has 27 heavy (non-hydrogen) atoms. The van der Waals surface area contributed by atoms with Gasteiger partial charge in [-0.15, -0.1) is 0 Å². The summed E-state index contributed by atoms with van der Waals surface area (Å²) in [6, 6.07) is 8.84. The van der Waals surface area contributed by atoms with Crippen LogP contribution in [0.3, 0.4) is 0 Å². The summed E-state index contributed by atoms with van der Waals surface area (Å²) in [7, 11) is -4.51. The van der Waals surface area contributed by atoms with Gasteiger partial charge >= 0.3 is 18.3 Å². The first-order chi connectivity index (χ1) is 12.3. The van der Waals surface area contributed by atoms with E-state index in [9.17, 15) is 34.8 Å². The van der Waals surface area contributed by atoms with Gasteiger partial charge in [0.05, 0.1) is 10.6 Å². The number of hydrogen-bond donors (Lipinski definition) is 0. The molecule has 9 heteroatoms. The molecule has 0 aromatic heterocycles. The quantitative estimate of drug-likeness (QED) is 0.608. The average Bonchev–Trinajstić information content (AvgIpc) is 2.56. The smallest absolute Gasteiger partial charge is 0.223 e. The fourth-order valence-corrected chi connectivity index (χ4v) is 4.15. The number of rotatable bonds is 6. The minimum Gasteiger partial charge on any atom is -0.223 e. The molecule has 0 N–H and O–H groups in total. The number of sulfone groups is 1. The summed E-state index contributed by atoms with van der Waals surface area (Å²) in [5.41, 5.74) is -1.06. The maximum absolute atomic E-state index is 14.3. The summed E-state index contributed by atoms with van der Waals surface area (Å²) in [5.74, 6) is -11.8. The van der Waals surface area contributed by atoms with Crippen LogP contribution in [0, 0.1) is 13.8 Å². The molecule has 0 aliphatic heterocycles. The van der Waals surface area contributed by atoms with E-state index >= 15 is 0 Å². The van der Waals surface area contributed by atoms with Gasteiger partial charge in [0.15, 0.2) is 9.84 Å². The minimum absolute atomic E-state index is 0.0772. The van der Waals surface area contributed by atoms with Crippen LogP contribution < -0.4 is 0 Å². The van der Waals surface area contributed by atoms with Gasteiger partial charge in [-0.05, 0) is 42.7 Å². The van der Waals surface area contributed by atoms with Crippen LogP contribution >= 0.6 is 0 Å². The Kier molecular flexibility index (Phi) is 5.66.